The van der Waals surface area contributed by atoms with E-state index in [2.05, 4.69) is 32.7 Å². The Morgan fingerprint density at radius 2 is 1.79 bits per heavy atom. The summed E-state index contributed by atoms with van der Waals surface area (Å²) in [5.74, 6) is 0.198. The molecule has 136 valence electrons. The van der Waals surface area contributed by atoms with Crippen LogP contribution in [0, 0.1) is 5.41 Å². The van der Waals surface area contributed by atoms with Gasteiger partial charge in [-0.3, -0.25) is 9.59 Å². The number of allylic oxidation sites excluding steroid dienone is 1. The van der Waals surface area contributed by atoms with Crippen LogP contribution in [0.3, 0.4) is 0 Å². The maximum absolute atomic E-state index is 11.7. The van der Waals surface area contributed by atoms with Crippen molar-refractivity contribution in [2.24, 2.45) is 5.41 Å². The Kier molecular flexibility index (Phi) is 8.80. The predicted molar refractivity (Wildman–Crippen MR) is 99.4 cm³/mol. The van der Waals surface area contributed by atoms with Gasteiger partial charge in [-0.1, -0.05) is 46.6 Å². The van der Waals surface area contributed by atoms with Crippen molar-refractivity contribution >= 4 is 11.8 Å². The molecule has 4 nitrogen and oxygen atoms in total. The summed E-state index contributed by atoms with van der Waals surface area (Å²) in [6.07, 6.45) is 11.3. The summed E-state index contributed by atoms with van der Waals surface area (Å²) in [5.41, 5.74) is 1.16. The van der Waals surface area contributed by atoms with Crippen LogP contribution >= 0.6 is 0 Å². The fourth-order valence-electron chi connectivity index (χ4n) is 2.75. The van der Waals surface area contributed by atoms with Crippen molar-refractivity contribution in [3.63, 3.8) is 0 Å². The van der Waals surface area contributed by atoms with E-state index in [1.165, 1.54) is 12.8 Å². The van der Waals surface area contributed by atoms with Crippen LogP contribution < -0.4 is 5.32 Å². The Bertz CT molecular complexity index is 443. The number of unbranched alkanes of at least 4 members (excludes halogenated alkanes) is 4. The average molecular weight is 335 g/mol. The highest BCUT2D eigenvalue weighted by atomic mass is 16.2. The lowest BCUT2D eigenvalue weighted by Gasteiger charge is -2.17. The Hall–Kier alpha value is -1.58. The van der Waals surface area contributed by atoms with Crippen LogP contribution in [0.25, 0.3) is 0 Å². The highest BCUT2D eigenvalue weighted by Crippen LogP contribution is 2.21. The minimum atomic E-state index is 0.0332. The molecule has 0 unspecified atom stereocenters. The zero-order valence-corrected chi connectivity index (χ0v) is 15.7. The molecule has 0 aliphatic carbocycles. The van der Waals surface area contributed by atoms with Gasteiger partial charge in [0.1, 0.15) is 0 Å². The van der Waals surface area contributed by atoms with Crippen molar-refractivity contribution in [2.75, 3.05) is 13.1 Å². The zero-order chi connectivity index (χ0) is 18.0. The molecule has 4 heteroatoms. The van der Waals surface area contributed by atoms with Crippen LogP contribution in [0.1, 0.15) is 72.1 Å². The van der Waals surface area contributed by atoms with Gasteiger partial charge >= 0.3 is 0 Å². The molecule has 0 aromatic rings. The molecule has 1 heterocycles. The molecule has 0 radical (unpaired) electrons. The molecule has 0 bridgehead atoms. The number of carbonyl (C=O) groups excluding carboxylic acids is 2. The second-order valence-corrected chi connectivity index (χ2v) is 7.85. The molecule has 0 saturated heterocycles. The number of nitrogens with one attached hydrogen (secondary N) is 1. The summed E-state index contributed by atoms with van der Waals surface area (Å²) in [7, 11) is 0. The van der Waals surface area contributed by atoms with Gasteiger partial charge in [-0.05, 0) is 37.2 Å². The lowest BCUT2D eigenvalue weighted by Crippen LogP contribution is -2.25. The lowest BCUT2D eigenvalue weighted by molar-refractivity contribution is -0.123. The van der Waals surface area contributed by atoms with Gasteiger partial charge in [0.2, 0.25) is 5.91 Å². The molecule has 24 heavy (non-hydrogen) atoms. The van der Waals surface area contributed by atoms with Crippen LogP contribution in [-0.4, -0.2) is 29.8 Å². The smallest absolute Gasteiger partial charge is 0.251 e. The largest absolute Gasteiger partial charge is 0.356 e. The van der Waals surface area contributed by atoms with Crippen molar-refractivity contribution < 1.29 is 9.59 Å². The van der Waals surface area contributed by atoms with Crippen molar-refractivity contribution in [3.05, 3.63) is 24.4 Å². The monoisotopic (exact) mass is 334 g/mol. The molecule has 1 aliphatic heterocycles. The third-order valence-electron chi connectivity index (χ3n) is 4.24. The van der Waals surface area contributed by atoms with E-state index < -0.39 is 0 Å². The first-order valence-corrected chi connectivity index (χ1v) is 9.25. The fourth-order valence-corrected chi connectivity index (χ4v) is 2.75. The van der Waals surface area contributed by atoms with Crippen molar-refractivity contribution in [1.82, 2.24) is 10.2 Å². The van der Waals surface area contributed by atoms with Gasteiger partial charge in [-0.2, -0.15) is 0 Å². The molecule has 2 amide bonds. The number of rotatable bonds is 11. The van der Waals surface area contributed by atoms with Gasteiger partial charge in [-0.25, -0.2) is 0 Å². The number of hydrogen-bond donors (Lipinski definition) is 1. The molecule has 0 aromatic heterocycles. The number of nitrogens with zero attached hydrogens (tertiary/aromatic N) is 1. The summed E-state index contributed by atoms with van der Waals surface area (Å²) in [6, 6.07) is 0. The third-order valence-corrected chi connectivity index (χ3v) is 4.24. The van der Waals surface area contributed by atoms with Gasteiger partial charge in [-0.15, -0.1) is 0 Å². The maximum Gasteiger partial charge on any atom is 0.251 e. The van der Waals surface area contributed by atoms with Crippen molar-refractivity contribution in [3.8, 4) is 0 Å². The van der Waals surface area contributed by atoms with E-state index in [0.717, 1.165) is 50.9 Å². The highest BCUT2D eigenvalue weighted by molar-refractivity contribution is 5.92. The Morgan fingerprint density at radius 1 is 1.08 bits per heavy atom. The van der Waals surface area contributed by atoms with Gasteiger partial charge in [0.05, 0.1) is 0 Å². The van der Waals surface area contributed by atoms with E-state index in [-0.39, 0.29) is 11.8 Å². The molecule has 0 aromatic carbocycles. The van der Waals surface area contributed by atoms with Gasteiger partial charge < -0.3 is 10.2 Å². The summed E-state index contributed by atoms with van der Waals surface area (Å²) < 4.78 is 0. The molecule has 1 rings (SSSR count). The summed E-state index contributed by atoms with van der Waals surface area (Å²) in [5, 5.41) is 3.00. The topological polar surface area (TPSA) is 49.4 Å². The molecule has 0 saturated carbocycles. The van der Waals surface area contributed by atoms with E-state index >= 15 is 0 Å². The standard InChI is InChI=1S/C20H34N2O2/c1-17-12-13-19(24)22(17)16-10-6-5-7-11-18(23)21-15-9-8-14-20(2,3)4/h12-13H,1,5-11,14-16H2,2-4H3,(H,21,23). The van der Waals surface area contributed by atoms with Crippen LogP contribution in [0.2, 0.25) is 0 Å². The second-order valence-electron chi connectivity index (χ2n) is 7.85. The van der Waals surface area contributed by atoms with Crippen LogP contribution in [0.4, 0.5) is 0 Å². The van der Waals surface area contributed by atoms with Gasteiger partial charge in [0, 0.05) is 31.3 Å². The zero-order valence-electron chi connectivity index (χ0n) is 15.7. The van der Waals surface area contributed by atoms with Crippen LogP contribution in [0.15, 0.2) is 24.4 Å². The highest BCUT2D eigenvalue weighted by Gasteiger charge is 2.17. The quantitative estimate of drug-likeness (QED) is 0.576. The Balaban J connectivity index is 1.93. The number of hydrogen-bond acceptors (Lipinski definition) is 2. The molecule has 0 fully saturated rings. The van der Waals surface area contributed by atoms with Crippen molar-refractivity contribution in [2.45, 2.75) is 72.1 Å². The fraction of sp³-hybridized carbons (Fsp3) is 0.700. The van der Waals surface area contributed by atoms with Gasteiger partial charge in [0.25, 0.3) is 5.91 Å². The number of amides is 2. The second kappa shape index (κ2) is 10.3. The van der Waals surface area contributed by atoms with Crippen LogP contribution in [0.5, 0.6) is 0 Å². The Morgan fingerprint density at radius 3 is 2.42 bits per heavy atom. The molecule has 0 atom stereocenters. The summed E-state index contributed by atoms with van der Waals surface area (Å²) in [4.78, 5) is 25.0. The molecule has 1 aliphatic rings. The van der Waals surface area contributed by atoms with Crippen molar-refractivity contribution in [1.29, 1.82) is 0 Å². The first-order chi connectivity index (χ1) is 11.3. The van der Waals surface area contributed by atoms with E-state index in [9.17, 15) is 9.59 Å². The maximum atomic E-state index is 11.7. The van der Waals surface area contributed by atoms with Crippen LogP contribution in [-0.2, 0) is 9.59 Å². The number of carbonyl (C=O) groups is 2. The first-order valence-electron chi connectivity index (χ1n) is 9.25. The minimum absolute atomic E-state index is 0.0332. The predicted octanol–water partition coefficient (Wildman–Crippen LogP) is 4.18. The molecular weight excluding hydrogens is 300 g/mol. The molecule has 1 N–H and O–H groups in total. The van der Waals surface area contributed by atoms with E-state index in [4.69, 9.17) is 0 Å². The Labute approximate surface area is 147 Å². The van der Waals surface area contributed by atoms with E-state index in [0.29, 0.717) is 11.8 Å². The average Bonchev–Trinajstić information content (AvgIpc) is 2.80. The summed E-state index contributed by atoms with van der Waals surface area (Å²) in [6.45, 7) is 12.1. The third kappa shape index (κ3) is 8.90. The van der Waals surface area contributed by atoms with E-state index in [1.807, 2.05) is 0 Å². The minimum Gasteiger partial charge on any atom is -0.356 e. The van der Waals surface area contributed by atoms with E-state index in [1.54, 1.807) is 17.1 Å². The summed E-state index contributed by atoms with van der Waals surface area (Å²) >= 11 is 0. The van der Waals surface area contributed by atoms with Gasteiger partial charge in [0.15, 0.2) is 0 Å². The first kappa shape index (κ1) is 20.5. The molecular formula is C20H34N2O2. The SMILES string of the molecule is C=C1C=CC(=O)N1CCCCCCC(=O)NCCCCC(C)(C)C. The normalized spacial score (nSPS) is 14.5. The molecule has 0 spiro atoms. The lowest BCUT2D eigenvalue weighted by atomic mass is 9.90.